The number of nitrogens with zero attached hydrogens (tertiary/aromatic N) is 2. The molecule has 3 N–H and O–H groups in total. The van der Waals surface area contributed by atoms with Crippen molar-refractivity contribution in [2.75, 3.05) is 86.3 Å². The third-order valence-corrected chi connectivity index (χ3v) is 8.79. The molecule has 0 radical (unpaired) electrons. The second kappa shape index (κ2) is 27.0. The van der Waals surface area contributed by atoms with Crippen LogP contribution >= 0.6 is 0 Å². The largest absolute Gasteiger partial charge is 0.445 e. The Hall–Kier alpha value is -3.63. The summed E-state index contributed by atoms with van der Waals surface area (Å²) in [7, 11) is 6.71. The Morgan fingerprint density at radius 2 is 1.48 bits per heavy atom. The molecule has 0 fully saturated rings. The zero-order valence-corrected chi connectivity index (χ0v) is 32.4. The van der Waals surface area contributed by atoms with Crippen molar-refractivity contribution in [1.82, 2.24) is 20.4 Å². The molecule has 0 aromatic heterocycles. The van der Waals surface area contributed by atoms with E-state index in [4.69, 9.17) is 23.7 Å². The van der Waals surface area contributed by atoms with E-state index >= 15 is 0 Å². The Kier molecular flexibility index (Phi) is 24.1. The first-order chi connectivity index (χ1) is 24.9. The summed E-state index contributed by atoms with van der Waals surface area (Å²) in [5.74, 6) is -0.191. The van der Waals surface area contributed by atoms with Crippen LogP contribution in [0.2, 0.25) is 0 Å². The number of hydrogen-bond donors (Lipinski definition) is 3. The summed E-state index contributed by atoms with van der Waals surface area (Å²) >= 11 is 0. The van der Waals surface area contributed by atoms with E-state index in [2.05, 4.69) is 16.0 Å². The molecular formula is C37H63N5O10. The number of likely N-dealkylation sites (N-methyl/N-ethyl adjacent to an activating group) is 2. The number of amides is 4. The summed E-state index contributed by atoms with van der Waals surface area (Å²) in [6.45, 7) is 10.5. The fourth-order valence-corrected chi connectivity index (χ4v) is 5.56. The van der Waals surface area contributed by atoms with Crippen LogP contribution in [0.5, 0.6) is 0 Å². The summed E-state index contributed by atoms with van der Waals surface area (Å²) in [5.41, 5.74) is 1.44. The van der Waals surface area contributed by atoms with Crippen LogP contribution in [-0.4, -0.2) is 139 Å². The Morgan fingerprint density at radius 3 is 2.04 bits per heavy atom. The van der Waals surface area contributed by atoms with E-state index in [9.17, 15) is 24.0 Å². The molecule has 296 valence electrons. The lowest BCUT2D eigenvalue weighted by Gasteiger charge is -2.39. The number of ether oxygens (including phenoxy) is 5. The van der Waals surface area contributed by atoms with Gasteiger partial charge in [-0.05, 0) is 36.6 Å². The van der Waals surface area contributed by atoms with Crippen LogP contribution < -0.4 is 16.0 Å². The Morgan fingerprint density at radius 1 is 0.865 bits per heavy atom. The van der Waals surface area contributed by atoms with Gasteiger partial charge in [0.05, 0.1) is 64.8 Å². The number of anilines is 1. The summed E-state index contributed by atoms with van der Waals surface area (Å²) < 4.78 is 27.3. The van der Waals surface area contributed by atoms with Crippen LogP contribution in [0.4, 0.5) is 10.5 Å². The summed E-state index contributed by atoms with van der Waals surface area (Å²) in [5, 5.41) is 8.15. The number of benzene rings is 1. The van der Waals surface area contributed by atoms with Gasteiger partial charge in [-0.15, -0.1) is 0 Å². The number of carbonyl (C=O) groups is 5. The van der Waals surface area contributed by atoms with E-state index < -0.39 is 12.2 Å². The molecule has 15 nitrogen and oxygen atoms in total. The molecule has 52 heavy (non-hydrogen) atoms. The molecule has 0 saturated heterocycles. The minimum absolute atomic E-state index is 0.0447. The molecule has 4 atom stereocenters. The predicted molar refractivity (Wildman–Crippen MR) is 198 cm³/mol. The highest BCUT2D eigenvalue weighted by molar-refractivity contribution is 5.92. The molecule has 0 spiro atoms. The average Bonchev–Trinajstić information content (AvgIpc) is 3.12. The van der Waals surface area contributed by atoms with Gasteiger partial charge in [0.25, 0.3) is 0 Å². The first kappa shape index (κ1) is 46.4. The fraction of sp³-hybridized carbons (Fsp3) is 0.703. The zero-order chi connectivity index (χ0) is 38.9. The molecule has 4 unspecified atom stereocenters. The topological polar surface area (TPSA) is 174 Å². The van der Waals surface area contributed by atoms with Crippen molar-refractivity contribution in [1.29, 1.82) is 0 Å². The van der Waals surface area contributed by atoms with Crippen molar-refractivity contribution in [2.45, 2.75) is 78.2 Å². The molecule has 0 bridgehead atoms. The van der Waals surface area contributed by atoms with Crippen LogP contribution in [-0.2, 0) is 49.5 Å². The van der Waals surface area contributed by atoms with E-state index in [1.165, 1.54) is 0 Å². The third kappa shape index (κ3) is 18.2. The van der Waals surface area contributed by atoms with Crippen LogP contribution in [0.3, 0.4) is 0 Å². The maximum Gasteiger partial charge on any atom is 0.407 e. The van der Waals surface area contributed by atoms with Gasteiger partial charge in [-0.3, -0.25) is 14.4 Å². The number of hydrogen-bond acceptors (Lipinski definition) is 11. The van der Waals surface area contributed by atoms with Gasteiger partial charge in [-0.25, -0.2) is 4.79 Å². The normalized spacial score (nSPS) is 13.5. The number of methoxy groups -OCH3 is 1. The van der Waals surface area contributed by atoms with Crippen molar-refractivity contribution in [2.24, 2.45) is 11.8 Å². The van der Waals surface area contributed by atoms with Crippen LogP contribution in [0.1, 0.15) is 58.9 Å². The highest BCUT2D eigenvalue weighted by Crippen LogP contribution is 2.23. The minimum atomic E-state index is -0.563. The molecule has 15 heteroatoms. The molecule has 1 aromatic carbocycles. The molecule has 0 aliphatic carbocycles. The van der Waals surface area contributed by atoms with Crippen molar-refractivity contribution in [3.63, 3.8) is 0 Å². The van der Waals surface area contributed by atoms with E-state index in [0.717, 1.165) is 18.3 Å². The number of carbonyl (C=O) groups excluding carboxylic acids is 5. The van der Waals surface area contributed by atoms with Gasteiger partial charge in [0.2, 0.25) is 17.7 Å². The summed E-state index contributed by atoms with van der Waals surface area (Å²) in [4.78, 5) is 64.5. The Labute approximate surface area is 309 Å². The van der Waals surface area contributed by atoms with Crippen molar-refractivity contribution < 1.29 is 47.7 Å². The molecule has 1 aromatic rings. The quantitative estimate of drug-likeness (QED) is 0.0853. The molecule has 4 amide bonds. The molecule has 0 aliphatic rings. The van der Waals surface area contributed by atoms with Gasteiger partial charge in [0, 0.05) is 52.3 Å². The molecule has 0 aliphatic heterocycles. The highest BCUT2D eigenvalue weighted by Gasteiger charge is 2.34. The maximum absolute atomic E-state index is 13.4. The van der Waals surface area contributed by atoms with Crippen molar-refractivity contribution >= 4 is 35.8 Å². The fourth-order valence-electron chi connectivity index (χ4n) is 5.56. The van der Waals surface area contributed by atoms with Gasteiger partial charge >= 0.3 is 6.09 Å². The zero-order valence-electron chi connectivity index (χ0n) is 32.4. The molecular weight excluding hydrogens is 674 g/mol. The van der Waals surface area contributed by atoms with Gasteiger partial charge in [0.15, 0.2) is 0 Å². The molecule has 0 heterocycles. The van der Waals surface area contributed by atoms with Gasteiger partial charge < -0.3 is 54.2 Å². The van der Waals surface area contributed by atoms with Crippen LogP contribution in [0.15, 0.2) is 24.3 Å². The number of alkyl carbamates (subject to hydrolysis) is 1. The highest BCUT2D eigenvalue weighted by atomic mass is 16.6. The molecule has 1 rings (SSSR count). The molecule has 0 saturated carbocycles. The van der Waals surface area contributed by atoms with Crippen molar-refractivity contribution in [3.05, 3.63) is 29.8 Å². The van der Waals surface area contributed by atoms with Gasteiger partial charge in [-0.1, -0.05) is 46.2 Å². The number of rotatable bonds is 28. The summed E-state index contributed by atoms with van der Waals surface area (Å²) in [6, 6.07) is 6.46. The maximum atomic E-state index is 13.4. The van der Waals surface area contributed by atoms with E-state index in [1.54, 1.807) is 62.3 Å². The first-order valence-electron chi connectivity index (χ1n) is 18.0. The Balaban J connectivity index is 2.24. The standard InChI is InChI=1S/C37H63N5O10/c1-9-28(4)36(32(48-8)14-17-43)42(7)35(46)24-31(27(2)3)41(6)34(45)15-18-49-20-22-51-23-21-50-19-16-39-37(47)52-26-29-10-12-30(13-11-29)40-33(44)25-38-5/h10-13,17,27-28,31-32,36,38H,9,14-16,18-26H2,1-8H3,(H,39,47)(H,40,44). The van der Waals surface area contributed by atoms with E-state index in [1.807, 2.05) is 27.7 Å². The SMILES string of the molecule is CCC(C)C(C(CC=O)OC)N(C)C(=O)CC(C(C)C)N(C)C(=O)CCOCCOCCOCCNC(=O)OCc1ccc(NC(=O)CNC)cc1. The van der Waals surface area contributed by atoms with Gasteiger partial charge in [0.1, 0.15) is 12.9 Å². The first-order valence-corrected chi connectivity index (χ1v) is 18.0. The predicted octanol–water partition coefficient (Wildman–Crippen LogP) is 2.86. The van der Waals surface area contributed by atoms with E-state index in [0.29, 0.717) is 32.1 Å². The van der Waals surface area contributed by atoms with Crippen molar-refractivity contribution in [3.8, 4) is 0 Å². The smallest absolute Gasteiger partial charge is 0.407 e. The average molecular weight is 738 g/mol. The second-order valence-corrected chi connectivity index (χ2v) is 12.9. The van der Waals surface area contributed by atoms with Crippen LogP contribution in [0, 0.1) is 11.8 Å². The third-order valence-electron chi connectivity index (χ3n) is 8.79. The van der Waals surface area contributed by atoms with E-state index in [-0.39, 0.29) is 93.8 Å². The second-order valence-electron chi connectivity index (χ2n) is 12.9. The lowest BCUT2D eigenvalue weighted by atomic mass is 9.90. The monoisotopic (exact) mass is 737 g/mol. The van der Waals surface area contributed by atoms with Crippen LogP contribution in [0.25, 0.3) is 0 Å². The number of aldehydes is 1. The lowest BCUT2D eigenvalue weighted by Crippen LogP contribution is -2.51. The lowest BCUT2D eigenvalue weighted by molar-refractivity contribution is -0.142. The number of nitrogens with one attached hydrogen (secondary N) is 3. The Bertz CT molecular complexity index is 1190. The summed E-state index contributed by atoms with van der Waals surface area (Å²) in [6.07, 6.45) is 1.22. The minimum Gasteiger partial charge on any atom is -0.445 e. The van der Waals surface area contributed by atoms with Gasteiger partial charge in [-0.2, -0.15) is 0 Å².